The Labute approximate surface area is 190 Å². The van der Waals surface area contributed by atoms with E-state index in [4.69, 9.17) is 0 Å². The predicted octanol–water partition coefficient (Wildman–Crippen LogP) is 4.86. The first-order chi connectivity index (χ1) is 15.5. The summed E-state index contributed by atoms with van der Waals surface area (Å²) in [5.41, 5.74) is 0. The molecule has 0 bridgehead atoms. The van der Waals surface area contributed by atoms with E-state index in [1.165, 1.54) is 0 Å². The summed E-state index contributed by atoms with van der Waals surface area (Å²) in [6.45, 7) is 0. The summed E-state index contributed by atoms with van der Waals surface area (Å²) in [6.07, 6.45) is 0.620. The van der Waals surface area contributed by atoms with E-state index in [9.17, 15) is 9.13 Å². The van der Waals surface area contributed by atoms with Crippen LogP contribution in [-0.4, -0.2) is 24.5 Å². The second-order valence-corrected chi connectivity index (χ2v) is 13.6. The smallest absolute Gasteiger partial charge is 0.156 e. The lowest BCUT2D eigenvalue weighted by molar-refractivity contribution is 0.437. The van der Waals surface area contributed by atoms with Gasteiger partial charge in [-0.15, -0.1) is 0 Å². The van der Waals surface area contributed by atoms with Crippen molar-refractivity contribution in [3.8, 4) is 0 Å². The first-order valence-electron chi connectivity index (χ1n) is 10.6. The quantitative estimate of drug-likeness (QED) is 0.353. The highest BCUT2D eigenvalue weighted by molar-refractivity contribution is 7.79. The van der Waals surface area contributed by atoms with E-state index < -0.39 is 14.3 Å². The van der Waals surface area contributed by atoms with Crippen molar-refractivity contribution in [1.82, 2.24) is 4.90 Å². The highest BCUT2D eigenvalue weighted by Crippen LogP contribution is 2.48. The van der Waals surface area contributed by atoms with Crippen molar-refractivity contribution in [2.75, 3.05) is 19.6 Å². The van der Waals surface area contributed by atoms with Crippen LogP contribution < -0.4 is 21.2 Å². The maximum atomic E-state index is 14.5. The Hall–Kier alpha value is -2.70. The number of benzene rings is 4. The number of hydrogen-bond acceptors (Lipinski definition) is 3. The number of nitrogens with zero attached hydrogens (tertiary/aromatic N) is 1. The molecule has 0 amide bonds. The molecule has 0 aromatic heterocycles. The molecule has 5 heteroatoms. The van der Waals surface area contributed by atoms with E-state index in [1.54, 1.807) is 0 Å². The zero-order valence-electron chi connectivity index (χ0n) is 18.1. The monoisotopic (exact) mass is 459 g/mol. The van der Waals surface area contributed by atoms with E-state index in [0.717, 1.165) is 21.2 Å². The SMILES string of the molecule is CN(CP(=O)(c1ccccc1)c1ccccc1)CP(=O)(c1ccccc1)c1ccccc1. The topological polar surface area (TPSA) is 37.4 Å². The molecule has 0 atom stereocenters. The van der Waals surface area contributed by atoms with Gasteiger partial charge in [-0.3, -0.25) is 4.90 Å². The molecule has 0 aliphatic carbocycles. The van der Waals surface area contributed by atoms with Crippen LogP contribution in [0.1, 0.15) is 0 Å². The summed E-state index contributed by atoms with van der Waals surface area (Å²) >= 11 is 0. The van der Waals surface area contributed by atoms with Crippen molar-refractivity contribution in [2.45, 2.75) is 0 Å². The molecule has 0 radical (unpaired) electrons. The maximum Gasteiger partial charge on any atom is 0.156 e. The van der Waals surface area contributed by atoms with Crippen LogP contribution in [-0.2, 0) is 9.13 Å². The largest absolute Gasteiger partial charge is 0.312 e. The molecule has 0 spiro atoms. The number of rotatable bonds is 8. The van der Waals surface area contributed by atoms with Gasteiger partial charge in [0.2, 0.25) is 0 Å². The van der Waals surface area contributed by atoms with E-state index in [-0.39, 0.29) is 0 Å². The standard InChI is InChI=1S/C27H27NO2P2/c1-28(22-31(29,24-14-6-2-7-15-24)25-16-8-3-9-17-25)23-32(30,26-18-10-4-11-19-26)27-20-12-5-13-21-27/h2-21H,22-23H2,1H3. The third-order valence-corrected chi connectivity index (χ3v) is 11.9. The Balaban J connectivity index is 1.71. The first kappa shape index (κ1) is 22.5. The molecule has 4 rings (SSSR count). The van der Waals surface area contributed by atoms with Gasteiger partial charge in [0.15, 0.2) is 14.3 Å². The minimum absolute atomic E-state index is 0.310. The van der Waals surface area contributed by atoms with Crippen molar-refractivity contribution in [2.24, 2.45) is 0 Å². The van der Waals surface area contributed by atoms with Crippen LogP contribution in [0, 0.1) is 0 Å². The zero-order valence-corrected chi connectivity index (χ0v) is 19.9. The van der Waals surface area contributed by atoms with E-state index in [2.05, 4.69) is 0 Å². The lowest BCUT2D eigenvalue weighted by atomic mass is 10.4. The van der Waals surface area contributed by atoms with E-state index in [0.29, 0.717) is 12.6 Å². The van der Waals surface area contributed by atoms with Gasteiger partial charge in [0.1, 0.15) is 0 Å². The summed E-state index contributed by atoms with van der Waals surface area (Å²) in [4.78, 5) is 1.97. The van der Waals surface area contributed by atoms with Crippen LogP contribution in [0.25, 0.3) is 0 Å². The van der Waals surface area contributed by atoms with Gasteiger partial charge in [0, 0.05) is 21.2 Å². The third kappa shape index (κ3) is 4.71. The van der Waals surface area contributed by atoms with Gasteiger partial charge in [-0.25, -0.2) is 0 Å². The molecule has 0 heterocycles. The van der Waals surface area contributed by atoms with Gasteiger partial charge in [0.25, 0.3) is 0 Å². The fourth-order valence-electron chi connectivity index (χ4n) is 4.02. The molecule has 0 N–H and O–H groups in total. The fraction of sp³-hybridized carbons (Fsp3) is 0.111. The predicted molar refractivity (Wildman–Crippen MR) is 137 cm³/mol. The molecular formula is C27H27NO2P2. The molecule has 162 valence electrons. The van der Waals surface area contributed by atoms with Crippen LogP contribution in [0.2, 0.25) is 0 Å². The van der Waals surface area contributed by atoms with Gasteiger partial charge in [-0.05, 0) is 7.05 Å². The molecular weight excluding hydrogens is 432 g/mol. The summed E-state index contributed by atoms with van der Waals surface area (Å²) in [5.74, 6) is 0. The maximum absolute atomic E-state index is 14.5. The van der Waals surface area contributed by atoms with Crippen molar-refractivity contribution >= 4 is 35.5 Å². The Morgan fingerprint density at radius 2 is 0.688 bits per heavy atom. The molecule has 3 nitrogen and oxygen atoms in total. The molecule has 4 aromatic carbocycles. The minimum atomic E-state index is -2.94. The Kier molecular flexibility index (Phi) is 6.92. The van der Waals surface area contributed by atoms with Crippen LogP contribution in [0.15, 0.2) is 121 Å². The molecule has 4 aromatic rings. The van der Waals surface area contributed by atoms with Crippen molar-refractivity contribution in [3.63, 3.8) is 0 Å². The Bertz CT molecular complexity index is 1040. The molecule has 0 unspecified atom stereocenters. The van der Waals surface area contributed by atoms with Crippen LogP contribution in [0.3, 0.4) is 0 Å². The van der Waals surface area contributed by atoms with Gasteiger partial charge in [-0.2, -0.15) is 0 Å². The van der Waals surface area contributed by atoms with Crippen molar-refractivity contribution in [3.05, 3.63) is 121 Å². The Morgan fingerprint density at radius 1 is 0.469 bits per heavy atom. The van der Waals surface area contributed by atoms with Gasteiger partial charge >= 0.3 is 0 Å². The van der Waals surface area contributed by atoms with E-state index >= 15 is 0 Å². The molecule has 32 heavy (non-hydrogen) atoms. The molecule has 0 aliphatic rings. The van der Waals surface area contributed by atoms with Crippen LogP contribution >= 0.6 is 14.3 Å². The lowest BCUT2D eigenvalue weighted by Gasteiger charge is -2.29. The Morgan fingerprint density at radius 3 is 0.906 bits per heavy atom. The molecule has 0 saturated heterocycles. The average Bonchev–Trinajstić information content (AvgIpc) is 2.86. The summed E-state index contributed by atoms with van der Waals surface area (Å²) in [6, 6.07) is 38.5. The van der Waals surface area contributed by atoms with Crippen molar-refractivity contribution in [1.29, 1.82) is 0 Å². The zero-order chi connectivity index (χ0) is 22.4. The van der Waals surface area contributed by atoms with Crippen LogP contribution in [0.5, 0.6) is 0 Å². The fourth-order valence-corrected chi connectivity index (χ4v) is 9.61. The minimum Gasteiger partial charge on any atom is -0.312 e. The summed E-state index contributed by atoms with van der Waals surface area (Å²) in [5, 5.41) is 3.25. The van der Waals surface area contributed by atoms with Gasteiger partial charge < -0.3 is 9.13 Å². The first-order valence-corrected chi connectivity index (χ1v) is 14.4. The summed E-state index contributed by atoms with van der Waals surface area (Å²) < 4.78 is 28.9. The highest BCUT2D eigenvalue weighted by atomic mass is 31.2. The normalized spacial score (nSPS) is 12.1. The highest BCUT2D eigenvalue weighted by Gasteiger charge is 2.33. The molecule has 0 saturated carbocycles. The second-order valence-electron chi connectivity index (χ2n) is 7.96. The molecule has 0 fully saturated rings. The van der Waals surface area contributed by atoms with E-state index in [1.807, 2.05) is 133 Å². The molecule has 0 aliphatic heterocycles. The van der Waals surface area contributed by atoms with Gasteiger partial charge in [-0.1, -0.05) is 121 Å². The number of hydrogen-bond donors (Lipinski definition) is 0. The average molecular weight is 459 g/mol. The van der Waals surface area contributed by atoms with Crippen LogP contribution in [0.4, 0.5) is 0 Å². The van der Waals surface area contributed by atoms with Crippen molar-refractivity contribution < 1.29 is 9.13 Å². The third-order valence-electron chi connectivity index (χ3n) is 5.57. The summed E-state index contributed by atoms with van der Waals surface area (Å²) in [7, 11) is -3.98. The lowest BCUT2D eigenvalue weighted by Crippen LogP contribution is -2.32. The van der Waals surface area contributed by atoms with Gasteiger partial charge in [0.05, 0.1) is 12.6 Å². The second kappa shape index (κ2) is 9.84.